The first-order chi connectivity index (χ1) is 7.20. The zero-order valence-corrected chi connectivity index (χ0v) is 8.64. The van der Waals surface area contributed by atoms with Crippen LogP contribution in [0.1, 0.15) is 18.4 Å². The number of hydrogen-bond acceptors (Lipinski definition) is 4. The highest BCUT2D eigenvalue weighted by atomic mass is 16.5. The number of carbonyl (C=O) groups is 1. The Balaban J connectivity index is 2.25. The van der Waals surface area contributed by atoms with E-state index in [-0.39, 0.29) is 11.4 Å². The lowest BCUT2D eigenvalue weighted by Crippen LogP contribution is -2.42. The van der Waals surface area contributed by atoms with Gasteiger partial charge in [0.2, 0.25) is 0 Å². The molecule has 2 rings (SSSR count). The van der Waals surface area contributed by atoms with Gasteiger partial charge in [0, 0.05) is 17.8 Å². The molecule has 1 aliphatic rings. The molecule has 1 saturated carbocycles. The van der Waals surface area contributed by atoms with Crippen molar-refractivity contribution in [3.8, 4) is 0 Å². The van der Waals surface area contributed by atoms with Crippen molar-refractivity contribution >= 4 is 5.97 Å². The normalized spacial score (nSPS) is 19.3. The van der Waals surface area contributed by atoms with Crippen molar-refractivity contribution in [2.75, 3.05) is 7.11 Å². The summed E-state index contributed by atoms with van der Waals surface area (Å²) in [4.78, 5) is 15.4. The lowest BCUT2D eigenvalue weighted by atomic mass is 9.89. The zero-order valence-electron chi connectivity index (χ0n) is 8.64. The highest BCUT2D eigenvalue weighted by Crippen LogP contribution is 2.50. The summed E-state index contributed by atoms with van der Waals surface area (Å²) in [5, 5.41) is 0. The van der Waals surface area contributed by atoms with Gasteiger partial charge in [-0.1, -0.05) is 0 Å². The summed E-state index contributed by atoms with van der Waals surface area (Å²) in [5.41, 5.74) is 6.77. The third-order valence-electron chi connectivity index (χ3n) is 3.09. The van der Waals surface area contributed by atoms with E-state index in [1.54, 1.807) is 12.4 Å². The van der Waals surface area contributed by atoms with Gasteiger partial charge in [0.1, 0.15) is 6.04 Å². The summed E-state index contributed by atoms with van der Waals surface area (Å²) >= 11 is 0. The summed E-state index contributed by atoms with van der Waals surface area (Å²) < 4.78 is 4.68. The second kappa shape index (κ2) is 3.62. The predicted molar refractivity (Wildman–Crippen MR) is 55.1 cm³/mol. The number of nitrogens with two attached hydrogens (primary N) is 1. The molecule has 0 spiro atoms. The van der Waals surface area contributed by atoms with Gasteiger partial charge >= 0.3 is 5.97 Å². The monoisotopic (exact) mass is 206 g/mol. The molecule has 0 radical (unpaired) electrons. The summed E-state index contributed by atoms with van der Waals surface area (Å²) in [6, 6.07) is 3.26. The van der Waals surface area contributed by atoms with Crippen LogP contribution in [0.25, 0.3) is 0 Å². The van der Waals surface area contributed by atoms with Crippen LogP contribution in [0, 0.1) is 0 Å². The highest BCUT2D eigenvalue weighted by Gasteiger charge is 2.52. The number of pyridine rings is 1. The number of hydrogen-bond donors (Lipinski definition) is 1. The van der Waals surface area contributed by atoms with Crippen molar-refractivity contribution in [3.63, 3.8) is 0 Å². The Labute approximate surface area is 88.4 Å². The van der Waals surface area contributed by atoms with Crippen LogP contribution in [-0.2, 0) is 14.9 Å². The van der Waals surface area contributed by atoms with Gasteiger partial charge in [-0.25, -0.2) is 0 Å². The quantitative estimate of drug-likeness (QED) is 0.736. The Kier molecular flexibility index (Phi) is 2.44. The SMILES string of the molecule is COC(=O)C(N)C1(c2ccncc2)CC1. The first-order valence-corrected chi connectivity index (χ1v) is 4.94. The van der Waals surface area contributed by atoms with Crippen LogP contribution in [-0.4, -0.2) is 24.1 Å². The molecule has 1 unspecified atom stereocenters. The second-order valence-corrected chi connectivity index (χ2v) is 3.89. The molecular formula is C11H14N2O2. The third kappa shape index (κ3) is 1.61. The maximum atomic E-state index is 11.4. The van der Waals surface area contributed by atoms with Crippen LogP contribution in [0.15, 0.2) is 24.5 Å². The fraction of sp³-hybridized carbons (Fsp3) is 0.455. The molecular weight excluding hydrogens is 192 g/mol. The molecule has 1 aromatic rings. The summed E-state index contributed by atoms with van der Waals surface area (Å²) in [6.07, 6.45) is 5.32. The van der Waals surface area contributed by atoms with Crippen LogP contribution in [0.3, 0.4) is 0 Å². The van der Waals surface area contributed by atoms with Gasteiger partial charge in [0.25, 0.3) is 0 Å². The topological polar surface area (TPSA) is 65.2 Å². The maximum absolute atomic E-state index is 11.4. The van der Waals surface area contributed by atoms with E-state index >= 15 is 0 Å². The average Bonchev–Trinajstić information content (AvgIpc) is 3.09. The Hall–Kier alpha value is -1.42. The molecule has 1 atom stereocenters. The summed E-state index contributed by atoms with van der Waals surface area (Å²) in [5.74, 6) is -0.343. The molecule has 0 bridgehead atoms. The molecule has 2 N–H and O–H groups in total. The van der Waals surface area contributed by atoms with Gasteiger partial charge in [-0.05, 0) is 30.5 Å². The number of aromatic nitrogens is 1. The van der Waals surface area contributed by atoms with Gasteiger partial charge in [0.05, 0.1) is 7.11 Å². The van der Waals surface area contributed by atoms with Crippen molar-refractivity contribution in [1.29, 1.82) is 0 Å². The lowest BCUT2D eigenvalue weighted by Gasteiger charge is -2.21. The minimum Gasteiger partial charge on any atom is -0.468 e. The van der Waals surface area contributed by atoms with Crippen LogP contribution in [0.2, 0.25) is 0 Å². The number of nitrogens with zero attached hydrogens (tertiary/aromatic N) is 1. The minimum atomic E-state index is -0.565. The maximum Gasteiger partial charge on any atom is 0.323 e. The van der Waals surface area contributed by atoms with E-state index in [4.69, 9.17) is 5.73 Å². The molecule has 4 heteroatoms. The van der Waals surface area contributed by atoms with Crippen molar-refractivity contribution in [1.82, 2.24) is 4.98 Å². The molecule has 0 saturated heterocycles. The summed E-state index contributed by atoms with van der Waals surface area (Å²) in [6.45, 7) is 0. The Morgan fingerprint density at radius 2 is 2.13 bits per heavy atom. The van der Waals surface area contributed by atoms with Crippen LogP contribution in [0.4, 0.5) is 0 Å². The van der Waals surface area contributed by atoms with E-state index < -0.39 is 6.04 Å². The van der Waals surface area contributed by atoms with E-state index in [1.165, 1.54) is 7.11 Å². The third-order valence-corrected chi connectivity index (χ3v) is 3.09. The number of carbonyl (C=O) groups excluding carboxylic acids is 1. The van der Waals surface area contributed by atoms with Crippen molar-refractivity contribution in [2.24, 2.45) is 5.73 Å². The number of ether oxygens (including phenoxy) is 1. The molecule has 1 fully saturated rings. The number of esters is 1. The molecule has 1 aliphatic carbocycles. The van der Waals surface area contributed by atoms with E-state index in [9.17, 15) is 4.79 Å². The second-order valence-electron chi connectivity index (χ2n) is 3.89. The van der Waals surface area contributed by atoms with Gasteiger partial charge < -0.3 is 10.5 Å². The van der Waals surface area contributed by atoms with E-state index in [0.717, 1.165) is 18.4 Å². The van der Waals surface area contributed by atoms with E-state index in [0.29, 0.717) is 0 Å². The van der Waals surface area contributed by atoms with Gasteiger partial charge in [-0.3, -0.25) is 9.78 Å². The number of rotatable bonds is 3. The first-order valence-electron chi connectivity index (χ1n) is 4.94. The van der Waals surface area contributed by atoms with Gasteiger partial charge in [-0.2, -0.15) is 0 Å². The van der Waals surface area contributed by atoms with Crippen LogP contribution < -0.4 is 5.73 Å². The molecule has 15 heavy (non-hydrogen) atoms. The first kappa shape index (κ1) is 10.1. The molecule has 1 aromatic heterocycles. The molecule has 80 valence electrons. The largest absolute Gasteiger partial charge is 0.468 e. The summed E-state index contributed by atoms with van der Waals surface area (Å²) in [7, 11) is 1.37. The van der Waals surface area contributed by atoms with E-state index in [2.05, 4.69) is 9.72 Å². The highest BCUT2D eigenvalue weighted by molar-refractivity contribution is 5.78. The fourth-order valence-corrected chi connectivity index (χ4v) is 1.95. The van der Waals surface area contributed by atoms with Gasteiger partial charge in [-0.15, -0.1) is 0 Å². The fourth-order valence-electron chi connectivity index (χ4n) is 1.95. The van der Waals surface area contributed by atoms with Crippen molar-refractivity contribution < 1.29 is 9.53 Å². The van der Waals surface area contributed by atoms with Crippen molar-refractivity contribution in [3.05, 3.63) is 30.1 Å². The Morgan fingerprint density at radius 3 is 2.60 bits per heavy atom. The molecule has 1 heterocycles. The predicted octanol–water partition coefficient (Wildman–Crippen LogP) is 0.613. The van der Waals surface area contributed by atoms with Crippen LogP contribution >= 0.6 is 0 Å². The van der Waals surface area contributed by atoms with Crippen LogP contribution in [0.5, 0.6) is 0 Å². The minimum absolute atomic E-state index is 0.212. The van der Waals surface area contributed by atoms with Gasteiger partial charge in [0.15, 0.2) is 0 Å². The lowest BCUT2D eigenvalue weighted by molar-refractivity contribution is -0.143. The molecule has 4 nitrogen and oxygen atoms in total. The Morgan fingerprint density at radius 1 is 1.53 bits per heavy atom. The average molecular weight is 206 g/mol. The molecule has 0 aromatic carbocycles. The number of methoxy groups -OCH3 is 1. The van der Waals surface area contributed by atoms with Crippen molar-refractivity contribution in [2.45, 2.75) is 24.3 Å². The smallest absolute Gasteiger partial charge is 0.323 e. The zero-order chi connectivity index (χ0) is 10.9. The van der Waals surface area contributed by atoms with E-state index in [1.807, 2.05) is 12.1 Å². The molecule has 0 aliphatic heterocycles. The Bertz CT molecular complexity index is 360. The standard InChI is InChI=1S/C11H14N2O2/c1-15-10(14)9(12)11(4-5-11)8-2-6-13-7-3-8/h2-3,6-7,9H,4-5,12H2,1H3. The molecule has 0 amide bonds.